The molecule has 15 heavy (non-hydrogen) atoms. The first-order valence-electron chi connectivity index (χ1n) is 6.44. The summed E-state index contributed by atoms with van der Waals surface area (Å²) in [5, 5.41) is 3.71. The summed E-state index contributed by atoms with van der Waals surface area (Å²) in [5.74, 6) is 0. The highest BCUT2D eigenvalue weighted by Gasteiger charge is 2.35. The van der Waals surface area contributed by atoms with E-state index in [1.165, 1.54) is 38.6 Å². The average Bonchev–Trinajstić information content (AvgIpc) is 2.57. The molecule has 2 heteroatoms. The number of hydrogen-bond acceptors (Lipinski definition) is 2. The molecule has 2 aliphatic heterocycles. The molecule has 1 N–H and O–H groups in total. The monoisotopic (exact) mass is 208 g/mol. The highest BCUT2D eigenvalue weighted by molar-refractivity contribution is 4.96. The maximum Gasteiger partial charge on any atom is 0.0163 e. The minimum atomic E-state index is 0.804. The molecule has 2 nitrogen and oxygen atoms in total. The number of hydrogen-bond donors (Lipinski definition) is 1. The maximum atomic E-state index is 3.87. The molecular formula is C13H24N2. The van der Waals surface area contributed by atoms with Crippen LogP contribution in [0.15, 0.2) is 12.7 Å². The van der Waals surface area contributed by atoms with Crippen LogP contribution in [0.5, 0.6) is 0 Å². The number of rotatable bonds is 5. The van der Waals surface area contributed by atoms with Gasteiger partial charge in [-0.25, -0.2) is 0 Å². The molecule has 0 amide bonds. The van der Waals surface area contributed by atoms with Crippen molar-refractivity contribution in [2.24, 2.45) is 0 Å². The summed E-state index contributed by atoms with van der Waals surface area (Å²) in [4.78, 5) is 2.62. The van der Waals surface area contributed by atoms with Gasteiger partial charge in [0.2, 0.25) is 0 Å². The Bertz CT molecular complexity index is 203. The van der Waals surface area contributed by atoms with E-state index >= 15 is 0 Å². The molecular weight excluding hydrogens is 184 g/mol. The Kier molecular flexibility index (Phi) is 3.81. The topological polar surface area (TPSA) is 15.3 Å². The van der Waals surface area contributed by atoms with Gasteiger partial charge in [0.15, 0.2) is 0 Å². The van der Waals surface area contributed by atoms with Gasteiger partial charge < -0.3 is 5.32 Å². The number of fused-ring (bicyclic) bond motifs is 2. The smallest absolute Gasteiger partial charge is 0.0163 e. The predicted molar refractivity (Wildman–Crippen MR) is 65.0 cm³/mol. The van der Waals surface area contributed by atoms with E-state index in [4.69, 9.17) is 0 Å². The van der Waals surface area contributed by atoms with Crippen molar-refractivity contribution in [2.45, 2.75) is 57.2 Å². The maximum absolute atomic E-state index is 3.87. The van der Waals surface area contributed by atoms with Crippen molar-refractivity contribution in [3.8, 4) is 0 Å². The van der Waals surface area contributed by atoms with Crippen LogP contribution in [0.1, 0.15) is 39.0 Å². The molecule has 2 rings (SSSR count). The third-order valence-electron chi connectivity index (χ3n) is 3.84. The van der Waals surface area contributed by atoms with E-state index in [2.05, 4.69) is 29.8 Å². The molecule has 2 atom stereocenters. The molecule has 0 aromatic rings. The quantitative estimate of drug-likeness (QED) is 0.697. The Morgan fingerprint density at radius 1 is 1.33 bits per heavy atom. The molecule has 2 saturated heterocycles. The van der Waals surface area contributed by atoms with E-state index in [1.807, 2.05) is 0 Å². The average molecular weight is 208 g/mol. The van der Waals surface area contributed by atoms with Crippen molar-refractivity contribution in [3.63, 3.8) is 0 Å². The zero-order valence-electron chi connectivity index (χ0n) is 9.91. The first-order valence-corrected chi connectivity index (χ1v) is 6.44. The third-order valence-corrected chi connectivity index (χ3v) is 3.84. The Hall–Kier alpha value is -0.340. The molecule has 2 fully saturated rings. The summed E-state index contributed by atoms with van der Waals surface area (Å²) in [6.45, 7) is 8.44. The van der Waals surface area contributed by atoms with Crippen molar-refractivity contribution in [1.29, 1.82) is 0 Å². The molecule has 0 saturated carbocycles. The van der Waals surface area contributed by atoms with Gasteiger partial charge in [0.25, 0.3) is 0 Å². The summed E-state index contributed by atoms with van der Waals surface area (Å²) < 4.78 is 0. The lowest BCUT2D eigenvalue weighted by Crippen LogP contribution is -2.48. The highest BCUT2D eigenvalue weighted by Crippen LogP contribution is 2.29. The molecule has 0 aromatic heterocycles. The van der Waals surface area contributed by atoms with Crippen LogP contribution in [-0.4, -0.2) is 36.1 Å². The lowest BCUT2D eigenvalue weighted by Gasteiger charge is -2.37. The Morgan fingerprint density at radius 3 is 2.53 bits per heavy atom. The van der Waals surface area contributed by atoms with Crippen LogP contribution < -0.4 is 5.32 Å². The number of nitrogens with one attached hydrogen (secondary N) is 1. The molecule has 0 aliphatic carbocycles. The zero-order chi connectivity index (χ0) is 10.7. The van der Waals surface area contributed by atoms with Crippen molar-refractivity contribution < 1.29 is 0 Å². The first-order chi connectivity index (χ1) is 7.33. The molecule has 0 radical (unpaired) electrons. The SMILES string of the molecule is C=CCN(CCC)C1CC2CCC(C1)N2. The van der Waals surface area contributed by atoms with E-state index in [0.29, 0.717) is 0 Å². The van der Waals surface area contributed by atoms with E-state index in [0.717, 1.165) is 24.7 Å². The van der Waals surface area contributed by atoms with Crippen molar-refractivity contribution >= 4 is 0 Å². The standard InChI is InChI=1S/C13H24N2/c1-3-7-15(8-4-2)13-9-11-5-6-12(10-13)14-11/h3,11-14H,1,4-10H2,2H3. The van der Waals surface area contributed by atoms with Gasteiger partial charge in [0.1, 0.15) is 0 Å². The zero-order valence-corrected chi connectivity index (χ0v) is 9.91. The minimum absolute atomic E-state index is 0.804. The first kappa shape index (κ1) is 11.2. The van der Waals surface area contributed by atoms with Crippen LogP contribution in [0.4, 0.5) is 0 Å². The largest absolute Gasteiger partial charge is 0.311 e. The predicted octanol–water partition coefficient (Wildman–Crippen LogP) is 2.17. The van der Waals surface area contributed by atoms with Crippen LogP contribution in [0.25, 0.3) is 0 Å². The summed E-state index contributed by atoms with van der Waals surface area (Å²) >= 11 is 0. The van der Waals surface area contributed by atoms with Crippen LogP contribution in [0.2, 0.25) is 0 Å². The molecule has 0 spiro atoms. The Morgan fingerprint density at radius 2 is 2.00 bits per heavy atom. The van der Waals surface area contributed by atoms with Gasteiger partial charge in [-0.05, 0) is 38.6 Å². The van der Waals surface area contributed by atoms with Gasteiger partial charge >= 0.3 is 0 Å². The third kappa shape index (κ3) is 2.61. The van der Waals surface area contributed by atoms with Gasteiger partial charge in [-0.3, -0.25) is 4.90 Å². The molecule has 0 aromatic carbocycles. The highest BCUT2D eigenvalue weighted by atomic mass is 15.2. The molecule has 2 bridgehead atoms. The van der Waals surface area contributed by atoms with Gasteiger partial charge in [-0.1, -0.05) is 13.0 Å². The van der Waals surface area contributed by atoms with Gasteiger partial charge in [0, 0.05) is 24.7 Å². The van der Waals surface area contributed by atoms with Gasteiger partial charge in [-0.15, -0.1) is 6.58 Å². The van der Waals surface area contributed by atoms with Crippen molar-refractivity contribution in [2.75, 3.05) is 13.1 Å². The second-order valence-electron chi connectivity index (χ2n) is 5.05. The van der Waals surface area contributed by atoms with Crippen LogP contribution >= 0.6 is 0 Å². The fourth-order valence-corrected chi connectivity index (χ4v) is 3.20. The lowest BCUT2D eigenvalue weighted by atomic mass is 9.98. The molecule has 2 heterocycles. The summed E-state index contributed by atoms with van der Waals surface area (Å²) in [6, 6.07) is 2.41. The summed E-state index contributed by atoms with van der Waals surface area (Å²) in [6.07, 6.45) is 8.81. The molecule has 2 unspecified atom stereocenters. The Balaban J connectivity index is 1.92. The summed E-state index contributed by atoms with van der Waals surface area (Å²) in [5.41, 5.74) is 0. The number of nitrogens with zero attached hydrogens (tertiary/aromatic N) is 1. The van der Waals surface area contributed by atoms with Crippen LogP contribution in [0.3, 0.4) is 0 Å². The van der Waals surface area contributed by atoms with Crippen LogP contribution in [-0.2, 0) is 0 Å². The van der Waals surface area contributed by atoms with E-state index in [-0.39, 0.29) is 0 Å². The van der Waals surface area contributed by atoms with Crippen LogP contribution in [0, 0.1) is 0 Å². The minimum Gasteiger partial charge on any atom is -0.311 e. The fourth-order valence-electron chi connectivity index (χ4n) is 3.20. The summed E-state index contributed by atoms with van der Waals surface area (Å²) in [7, 11) is 0. The number of piperidine rings is 1. The van der Waals surface area contributed by atoms with Gasteiger partial charge in [0.05, 0.1) is 0 Å². The van der Waals surface area contributed by atoms with E-state index < -0.39 is 0 Å². The second kappa shape index (κ2) is 5.13. The normalized spacial score (nSPS) is 34.7. The second-order valence-corrected chi connectivity index (χ2v) is 5.05. The van der Waals surface area contributed by atoms with Crippen molar-refractivity contribution in [3.05, 3.63) is 12.7 Å². The molecule has 2 aliphatic rings. The van der Waals surface area contributed by atoms with Gasteiger partial charge in [-0.2, -0.15) is 0 Å². The molecule has 86 valence electrons. The van der Waals surface area contributed by atoms with E-state index in [1.54, 1.807) is 0 Å². The lowest BCUT2D eigenvalue weighted by molar-refractivity contribution is 0.155. The van der Waals surface area contributed by atoms with Crippen molar-refractivity contribution in [1.82, 2.24) is 10.2 Å². The Labute approximate surface area is 93.7 Å². The van der Waals surface area contributed by atoms with E-state index in [9.17, 15) is 0 Å². The fraction of sp³-hybridized carbons (Fsp3) is 0.846.